The Morgan fingerprint density at radius 2 is 1.70 bits per heavy atom. The van der Waals surface area contributed by atoms with Crippen LogP contribution >= 0.6 is 11.6 Å². The first-order chi connectivity index (χ1) is 11.1. The third kappa shape index (κ3) is 2.83. The molecule has 0 aliphatic carbocycles. The zero-order chi connectivity index (χ0) is 16.4. The molecule has 2 N–H and O–H groups in total. The minimum Gasteiger partial charge on any atom is -0.396 e. The Hall–Kier alpha value is -2.65. The van der Waals surface area contributed by atoms with Gasteiger partial charge in [0.25, 0.3) is 0 Å². The molecule has 0 saturated heterocycles. The van der Waals surface area contributed by atoms with E-state index in [-0.39, 0.29) is 5.78 Å². The summed E-state index contributed by atoms with van der Waals surface area (Å²) in [6, 6.07) is 16.4. The van der Waals surface area contributed by atoms with E-state index in [2.05, 4.69) is 4.98 Å². The van der Waals surface area contributed by atoms with Crippen molar-refractivity contribution in [2.45, 2.75) is 6.92 Å². The Morgan fingerprint density at radius 1 is 1.00 bits per heavy atom. The zero-order valence-electron chi connectivity index (χ0n) is 12.6. The molecule has 3 rings (SSSR count). The average molecular weight is 323 g/mol. The Labute approximate surface area is 139 Å². The van der Waals surface area contributed by atoms with Crippen LogP contribution < -0.4 is 5.73 Å². The van der Waals surface area contributed by atoms with Crippen LogP contribution in [-0.2, 0) is 0 Å². The molecule has 0 radical (unpaired) electrons. The fraction of sp³-hybridized carbons (Fsp3) is 0.0526. The van der Waals surface area contributed by atoms with E-state index in [4.69, 9.17) is 17.3 Å². The van der Waals surface area contributed by atoms with E-state index in [9.17, 15) is 4.79 Å². The van der Waals surface area contributed by atoms with Crippen LogP contribution in [0.25, 0.3) is 11.3 Å². The van der Waals surface area contributed by atoms with Gasteiger partial charge in [0, 0.05) is 22.9 Å². The summed E-state index contributed by atoms with van der Waals surface area (Å²) in [7, 11) is 0. The van der Waals surface area contributed by atoms with Gasteiger partial charge in [0.15, 0.2) is 5.78 Å². The molecule has 0 saturated carbocycles. The summed E-state index contributed by atoms with van der Waals surface area (Å²) >= 11 is 6.13. The maximum Gasteiger partial charge on any atom is 0.196 e. The number of nitrogen functional groups attached to an aromatic ring is 1. The number of rotatable bonds is 3. The smallest absolute Gasteiger partial charge is 0.196 e. The zero-order valence-corrected chi connectivity index (χ0v) is 13.3. The highest BCUT2D eigenvalue weighted by Crippen LogP contribution is 2.30. The largest absolute Gasteiger partial charge is 0.396 e. The number of carbonyl (C=O) groups is 1. The van der Waals surface area contributed by atoms with Gasteiger partial charge in [-0.2, -0.15) is 0 Å². The summed E-state index contributed by atoms with van der Waals surface area (Å²) < 4.78 is 0. The van der Waals surface area contributed by atoms with Crippen molar-refractivity contribution in [1.82, 2.24) is 4.98 Å². The van der Waals surface area contributed by atoms with Crippen LogP contribution in [0.2, 0.25) is 5.02 Å². The fourth-order valence-electron chi connectivity index (χ4n) is 2.51. The number of aryl methyl sites for hydroxylation is 1. The van der Waals surface area contributed by atoms with Gasteiger partial charge in [-0.1, -0.05) is 48.0 Å². The van der Waals surface area contributed by atoms with Gasteiger partial charge in [0.05, 0.1) is 16.4 Å². The molecule has 0 aliphatic heterocycles. The molecule has 114 valence electrons. The number of carbonyl (C=O) groups excluding carboxylic acids is 1. The Kier molecular flexibility index (Phi) is 4.13. The quantitative estimate of drug-likeness (QED) is 0.721. The molecule has 23 heavy (non-hydrogen) atoms. The third-order valence-corrected chi connectivity index (χ3v) is 4.08. The lowest BCUT2D eigenvalue weighted by Crippen LogP contribution is -2.08. The summed E-state index contributed by atoms with van der Waals surface area (Å²) in [5.74, 6) is -0.203. The maximum absolute atomic E-state index is 12.8. The van der Waals surface area contributed by atoms with Crippen molar-refractivity contribution >= 4 is 23.1 Å². The maximum atomic E-state index is 12.8. The summed E-state index contributed by atoms with van der Waals surface area (Å²) in [6.45, 7) is 1.99. The van der Waals surface area contributed by atoms with E-state index in [0.29, 0.717) is 27.5 Å². The third-order valence-electron chi connectivity index (χ3n) is 3.75. The average Bonchev–Trinajstić information content (AvgIpc) is 2.56. The Bertz CT molecular complexity index is 890. The number of nitrogens with zero attached hydrogens (tertiary/aromatic N) is 1. The standard InChI is InChI=1S/C19H15ClN2O/c1-12-6-2-3-7-13(12)18-17(21)15(10-11-22-18)19(23)14-8-4-5-9-16(14)20/h2-11H,21H2,1H3. The first kappa shape index (κ1) is 15.3. The molecule has 0 spiro atoms. The number of halogens is 1. The number of anilines is 1. The fourth-order valence-corrected chi connectivity index (χ4v) is 2.74. The van der Waals surface area contributed by atoms with Gasteiger partial charge in [-0.3, -0.25) is 9.78 Å². The molecular formula is C19H15ClN2O. The number of ketones is 1. The highest BCUT2D eigenvalue weighted by Gasteiger charge is 2.18. The summed E-state index contributed by atoms with van der Waals surface area (Å²) in [5.41, 5.74) is 10.0. The number of nitrogens with two attached hydrogens (primary N) is 1. The molecule has 0 aliphatic rings. The molecule has 0 bridgehead atoms. The van der Waals surface area contributed by atoms with E-state index in [1.54, 1.807) is 36.5 Å². The first-order valence-electron chi connectivity index (χ1n) is 7.19. The predicted octanol–water partition coefficient (Wildman–Crippen LogP) is 4.52. The van der Waals surface area contributed by atoms with E-state index < -0.39 is 0 Å². The van der Waals surface area contributed by atoms with Crippen molar-refractivity contribution in [3.8, 4) is 11.3 Å². The van der Waals surface area contributed by atoms with Crippen molar-refractivity contribution in [2.75, 3.05) is 5.73 Å². The summed E-state index contributed by atoms with van der Waals surface area (Å²) in [4.78, 5) is 17.1. The van der Waals surface area contributed by atoms with Crippen molar-refractivity contribution < 1.29 is 4.79 Å². The second-order valence-corrected chi connectivity index (χ2v) is 5.65. The van der Waals surface area contributed by atoms with Crippen LogP contribution in [0.3, 0.4) is 0 Å². The topological polar surface area (TPSA) is 56.0 Å². The minimum absolute atomic E-state index is 0.203. The van der Waals surface area contributed by atoms with Gasteiger partial charge in [0.2, 0.25) is 0 Å². The number of benzene rings is 2. The Balaban J connectivity index is 2.13. The summed E-state index contributed by atoms with van der Waals surface area (Å²) in [6.07, 6.45) is 1.60. The second kappa shape index (κ2) is 6.23. The molecule has 2 aromatic carbocycles. The Morgan fingerprint density at radius 3 is 2.43 bits per heavy atom. The SMILES string of the molecule is Cc1ccccc1-c1nccc(C(=O)c2ccccc2Cl)c1N. The van der Waals surface area contributed by atoms with Gasteiger partial charge in [0.1, 0.15) is 0 Å². The molecular weight excluding hydrogens is 308 g/mol. The van der Waals surface area contributed by atoms with Gasteiger partial charge < -0.3 is 5.73 Å². The molecule has 3 aromatic rings. The minimum atomic E-state index is -0.203. The van der Waals surface area contributed by atoms with Gasteiger partial charge in [-0.25, -0.2) is 0 Å². The van der Waals surface area contributed by atoms with Crippen molar-refractivity contribution in [2.24, 2.45) is 0 Å². The molecule has 0 unspecified atom stereocenters. The number of hydrogen-bond donors (Lipinski definition) is 1. The number of hydrogen-bond acceptors (Lipinski definition) is 3. The van der Waals surface area contributed by atoms with E-state index in [1.807, 2.05) is 31.2 Å². The van der Waals surface area contributed by atoms with Crippen LogP contribution in [-0.4, -0.2) is 10.8 Å². The van der Waals surface area contributed by atoms with E-state index in [0.717, 1.165) is 11.1 Å². The van der Waals surface area contributed by atoms with Crippen LogP contribution in [0.4, 0.5) is 5.69 Å². The van der Waals surface area contributed by atoms with Crippen molar-refractivity contribution in [3.63, 3.8) is 0 Å². The van der Waals surface area contributed by atoms with Gasteiger partial charge >= 0.3 is 0 Å². The lowest BCUT2D eigenvalue weighted by molar-refractivity contribution is 0.103. The molecule has 3 nitrogen and oxygen atoms in total. The highest BCUT2D eigenvalue weighted by atomic mass is 35.5. The number of aromatic nitrogens is 1. The highest BCUT2D eigenvalue weighted by molar-refractivity contribution is 6.35. The molecule has 1 aromatic heterocycles. The second-order valence-electron chi connectivity index (χ2n) is 5.24. The van der Waals surface area contributed by atoms with Crippen molar-refractivity contribution in [1.29, 1.82) is 0 Å². The number of pyridine rings is 1. The van der Waals surface area contributed by atoms with Crippen LogP contribution in [0, 0.1) is 6.92 Å². The lowest BCUT2D eigenvalue weighted by atomic mass is 9.98. The van der Waals surface area contributed by atoms with Crippen LogP contribution in [0.15, 0.2) is 60.8 Å². The van der Waals surface area contributed by atoms with Crippen LogP contribution in [0.5, 0.6) is 0 Å². The molecule has 4 heteroatoms. The van der Waals surface area contributed by atoms with E-state index in [1.165, 1.54) is 0 Å². The molecule has 0 atom stereocenters. The lowest BCUT2D eigenvalue weighted by Gasteiger charge is -2.12. The molecule has 0 fully saturated rings. The van der Waals surface area contributed by atoms with E-state index >= 15 is 0 Å². The monoisotopic (exact) mass is 322 g/mol. The first-order valence-corrected chi connectivity index (χ1v) is 7.57. The molecule has 1 heterocycles. The van der Waals surface area contributed by atoms with Crippen molar-refractivity contribution in [3.05, 3.63) is 82.5 Å². The van der Waals surface area contributed by atoms with Crippen LogP contribution in [0.1, 0.15) is 21.5 Å². The van der Waals surface area contributed by atoms with Gasteiger partial charge in [-0.15, -0.1) is 0 Å². The summed E-state index contributed by atoms with van der Waals surface area (Å²) in [5, 5.41) is 0.408. The normalized spacial score (nSPS) is 10.5. The molecule has 0 amide bonds. The predicted molar refractivity (Wildman–Crippen MR) is 93.7 cm³/mol. The van der Waals surface area contributed by atoms with Gasteiger partial charge in [-0.05, 0) is 30.7 Å².